The maximum absolute atomic E-state index is 10.8. The highest BCUT2D eigenvalue weighted by Gasteiger charge is 2.21. The summed E-state index contributed by atoms with van der Waals surface area (Å²) >= 11 is 0. The van der Waals surface area contributed by atoms with E-state index >= 15 is 0 Å². The number of nitro groups is 1. The number of nitro benzene ring substituents is 1. The van der Waals surface area contributed by atoms with Crippen LogP contribution in [0.25, 0.3) is 0 Å². The van der Waals surface area contributed by atoms with E-state index in [2.05, 4.69) is 16.2 Å². The lowest BCUT2D eigenvalue weighted by Gasteiger charge is -2.08. The van der Waals surface area contributed by atoms with Crippen LogP contribution in [0.1, 0.15) is 11.7 Å². The molecule has 1 heterocycles. The first-order valence-electron chi connectivity index (χ1n) is 4.23. The van der Waals surface area contributed by atoms with Crippen LogP contribution < -0.4 is 16.2 Å². The van der Waals surface area contributed by atoms with Gasteiger partial charge in [0.2, 0.25) is 0 Å². The van der Waals surface area contributed by atoms with Gasteiger partial charge in [0, 0.05) is 12.1 Å². The van der Waals surface area contributed by atoms with Crippen LogP contribution in [0.3, 0.4) is 0 Å². The number of hydrogen-bond acceptors (Lipinski definition) is 4. The van der Waals surface area contributed by atoms with Crippen molar-refractivity contribution < 1.29 is 9.72 Å². The summed E-state index contributed by atoms with van der Waals surface area (Å²) in [5, 5.41) is 13.0. The number of non-ortho nitro benzene ring substituents is 1. The molecule has 7 nitrogen and oxygen atoms in total. The van der Waals surface area contributed by atoms with Crippen molar-refractivity contribution in [1.29, 1.82) is 0 Å². The van der Waals surface area contributed by atoms with Crippen LogP contribution in [0.2, 0.25) is 0 Å². The molecule has 1 saturated heterocycles. The summed E-state index contributed by atoms with van der Waals surface area (Å²) in [6.45, 7) is 0. The average Bonchev–Trinajstić information content (AvgIpc) is 2.65. The van der Waals surface area contributed by atoms with Gasteiger partial charge in [-0.25, -0.2) is 10.2 Å². The zero-order valence-electron chi connectivity index (χ0n) is 7.56. The summed E-state index contributed by atoms with van der Waals surface area (Å²) in [5.41, 5.74) is 5.84. The van der Waals surface area contributed by atoms with Crippen molar-refractivity contribution in [2.24, 2.45) is 0 Å². The Hall–Kier alpha value is -2.15. The van der Waals surface area contributed by atoms with E-state index in [9.17, 15) is 14.9 Å². The summed E-state index contributed by atoms with van der Waals surface area (Å²) in [5.74, 6) is 0. The van der Waals surface area contributed by atoms with Gasteiger partial charge in [-0.3, -0.25) is 15.5 Å². The number of nitrogens with one attached hydrogen (secondary N) is 3. The van der Waals surface area contributed by atoms with Gasteiger partial charge in [0.25, 0.3) is 5.69 Å². The Labute approximate surface area is 84.6 Å². The predicted octanol–water partition coefficient (Wildman–Crippen LogP) is 0.411. The summed E-state index contributed by atoms with van der Waals surface area (Å²) < 4.78 is 0. The van der Waals surface area contributed by atoms with E-state index in [0.29, 0.717) is 0 Å². The fourth-order valence-corrected chi connectivity index (χ4v) is 1.30. The second kappa shape index (κ2) is 3.54. The maximum Gasteiger partial charge on any atom is 0.330 e. The molecule has 2 rings (SSSR count). The van der Waals surface area contributed by atoms with E-state index in [1.54, 1.807) is 12.1 Å². The minimum atomic E-state index is -0.470. The van der Waals surface area contributed by atoms with Gasteiger partial charge in [-0.15, -0.1) is 0 Å². The highest BCUT2D eigenvalue weighted by atomic mass is 16.6. The molecule has 1 unspecified atom stereocenters. The van der Waals surface area contributed by atoms with Crippen molar-refractivity contribution >= 4 is 11.7 Å². The summed E-state index contributed by atoms with van der Waals surface area (Å²) in [7, 11) is 0. The number of amides is 2. The first kappa shape index (κ1) is 9.41. The fourth-order valence-electron chi connectivity index (χ4n) is 1.30. The zero-order valence-corrected chi connectivity index (χ0v) is 7.56. The molecule has 3 N–H and O–H groups in total. The minimum absolute atomic E-state index is 0.0241. The van der Waals surface area contributed by atoms with Gasteiger partial charge < -0.3 is 5.32 Å². The molecule has 0 bridgehead atoms. The predicted molar refractivity (Wildman–Crippen MR) is 50.6 cm³/mol. The van der Waals surface area contributed by atoms with Crippen molar-refractivity contribution in [3.8, 4) is 0 Å². The van der Waals surface area contributed by atoms with Gasteiger partial charge in [0.05, 0.1) is 4.92 Å². The van der Waals surface area contributed by atoms with E-state index in [0.717, 1.165) is 5.56 Å². The van der Waals surface area contributed by atoms with Gasteiger partial charge >= 0.3 is 6.03 Å². The monoisotopic (exact) mass is 208 g/mol. The van der Waals surface area contributed by atoms with Crippen LogP contribution in [-0.2, 0) is 0 Å². The van der Waals surface area contributed by atoms with Crippen molar-refractivity contribution in [3.05, 3.63) is 39.9 Å². The Balaban J connectivity index is 2.17. The standard InChI is InChI=1S/C8H8N4O3/c13-8-9-7(10-11-8)5-1-3-6(4-2-5)12(14)15/h1-4,7,10H,(H2,9,11,13). The number of urea groups is 1. The van der Waals surface area contributed by atoms with Crippen LogP contribution >= 0.6 is 0 Å². The van der Waals surface area contributed by atoms with Gasteiger partial charge in [0.15, 0.2) is 0 Å². The zero-order chi connectivity index (χ0) is 10.8. The number of hydrogen-bond donors (Lipinski definition) is 3. The fraction of sp³-hybridized carbons (Fsp3) is 0.125. The third-order valence-electron chi connectivity index (χ3n) is 2.04. The number of benzene rings is 1. The van der Waals surface area contributed by atoms with Gasteiger partial charge in [-0.2, -0.15) is 0 Å². The van der Waals surface area contributed by atoms with E-state index in [4.69, 9.17) is 0 Å². The number of rotatable bonds is 2. The molecular formula is C8H8N4O3. The second-order valence-electron chi connectivity index (χ2n) is 3.02. The molecule has 0 spiro atoms. The third-order valence-corrected chi connectivity index (χ3v) is 2.04. The van der Waals surface area contributed by atoms with E-state index < -0.39 is 4.92 Å². The molecule has 0 aromatic heterocycles. The average molecular weight is 208 g/mol. The van der Waals surface area contributed by atoms with Crippen molar-refractivity contribution in [2.45, 2.75) is 6.17 Å². The van der Waals surface area contributed by atoms with Crippen molar-refractivity contribution in [1.82, 2.24) is 16.2 Å². The quantitative estimate of drug-likeness (QED) is 0.484. The lowest BCUT2D eigenvalue weighted by atomic mass is 10.1. The molecule has 78 valence electrons. The molecule has 1 atom stereocenters. The van der Waals surface area contributed by atoms with Crippen LogP contribution in [0, 0.1) is 10.1 Å². The number of carbonyl (C=O) groups excluding carboxylic acids is 1. The molecule has 7 heteroatoms. The van der Waals surface area contributed by atoms with Crippen LogP contribution in [-0.4, -0.2) is 11.0 Å². The Morgan fingerprint density at radius 1 is 1.27 bits per heavy atom. The SMILES string of the molecule is O=C1NNC(c2ccc([N+](=O)[O-])cc2)N1. The highest BCUT2D eigenvalue weighted by Crippen LogP contribution is 2.16. The van der Waals surface area contributed by atoms with Crippen LogP contribution in [0.15, 0.2) is 24.3 Å². The van der Waals surface area contributed by atoms with E-state index in [-0.39, 0.29) is 17.9 Å². The topological polar surface area (TPSA) is 96.3 Å². The number of hydrazine groups is 1. The molecule has 2 amide bonds. The van der Waals surface area contributed by atoms with E-state index in [1.165, 1.54) is 12.1 Å². The lowest BCUT2D eigenvalue weighted by Crippen LogP contribution is -2.26. The molecule has 1 aromatic rings. The summed E-state index contributed by atoms with van der Waals surface area (Å²) in [4.78, 5) is 20.7. The normalized spacial score (nSPS) is 19.5. The first-order valence-corrected chi connectivity index (χ1v) is 4.23. The van der Waals surface area contributed by atoms with Gasteiger partial charge in [-0.1, -0.05) is 0 Å². The molecular weight excluding hydrogens is 200 g/mol. The number of carbonyl (C=O) groups is 1. The number of nitrogens with zero attached hydrogens (tertiary/aromatic N) is 1. The molecule has 0 radical (unpaired) electrons. The van der Waals surface area contributed by atoms with Gasteiger partial charge in [-0.05, 0) is 17.7 Å². The van der Waals surface area contributed by atoms with Gasteiger partial charge in [0.1, 0.15) is 6.17 Å². The highest BCUT2D eigenvalue weighted by molar-refractivity contribution is 5.75. The smallest absolute Gasteiger partial charge is 0.316 e. The Morgan fingerprint density at radius 3 is 2.40 bits per heavy atom. The summed E-state index contributed by atoms with van der Waals surface area (Å²) in [6, 6.07) is 5.63. The van der Waals surface area contributed by atoms with Crippen LogP contribution in [0.4, 0.5) is 10.5 Å². The Kier molecular flexibility index (Phi) is 2.22. The van der Waals surface area contributed by atoms with E-state index in [1.807, 2.05) is 0 Å². The third kappa shape index (κ3) is 1.86. The second-order valence-corrected chi connectivity index (χ2v) is 3.02. The van der Waals surface area contributed by atoms with Crippen LogP contribution in [0.5, 0.6) is 0 Å². The van der Waals surface area contributed by atoms with Crippen molar-refractivity contribution in [3.63, 3.8) is 0 Å². The molecule has 1 aliphatic heterocycles. The molecule has 0 saturated carbocycles. The molecule has 1 fully saturated rings. The Morgan fingerprint density at radius 2 is 1.93 bits per heavy atom. The molecule has 1 aromatic carbocycles. The minimum Gasteiger partial charge on any atom is -0.316 e. The molecule has 15 heavy (non-hydrogen) atoms. The largest absolute Gasteiger partial charge is 0.330 e. The molecule has 0 aliphatic carbocycles. The Bertz CT molecular complexity index is 403. The maximum atomic E-state index is 10.8. The molecule has 1 aliphatic rings. The lowest BCUT2D eigenvalue weighted by molar-refractivity contribution is -0.384. The first-order chi connectivity index (χ1) is 7.16. The summed E-state index contributed by atoms with van der Waals surface area (Å²) in [6.07, 6.45) is -0.349. The van der Waals surface area contributed by atoms with Crippen molar-refractivity contribution in [2.75, 3.05) is 0 Å².